The monoisotopic (exact) mass is 334 g/mol. The zero-order valence-corrected chi connectivity index (χ0v) is 13.3. The molecule has 1 aliphatic rings. The number of ether oxygens (including phenoxy) is 2. The lowest BCUT2D eigenvalue weighted by molar-refractivity contribution is 0.368. The molecule has 0 aliphatic carbocycles. The van der Waals surface area contributed by atoms with E-state index in [1.54, 1.807) is 42.7 Å². The Morgan fingerprint density at radius 2 is 1.76 bits per heavy atom. The van der Waals surface area contributed by atoms with E-state index in [-0.39, 0.29) is 11.5 Å². The van der Waals surface area contributed by atoms with Crippen LogP contribution < -0.4 is 14.9 Å². The van der Waals surface area contributed by atoms with Gasteiger partial charge in [-0.3, -0.25) is 4.98 Å². The Hall–Kier alpha value is -3.41. The molecule has 0 saturated carbocycles. The molecule has 4 rings (SSSR count). The number of rotatable bonds is 4. The highest BCUT2D eigenvalue weighted by atomic mass is 19.1. The summed E-state index contributed by atoms with van der Waals surface area (Å²) in [6.07, 6.45) is 3.42. The molecule has 123 valence electrons. The molecule has 1 aliphatic heterocycles. The smallest absolute Gasteiger partial charge is 0.207 e. The first-order chi connectivity index (χ1) is 12.3. The minimum absolute atomic E-state index is 0.106. The maximum Gasteiger partial charge on any atom is 0.207 e. The molecular weight excluding hydrogens is 321 g/mol. The summed E-state index contributed by atoms with van der Waals surface area (Å²) >= 11 is 0. The summed E-state index contributed by atoms with van der Waals surface area (Å²) < 4.78 is 24.7. The lowest BCUT2D eigenvalue weighted by Crippen LogP contribution is -2.00. The number of halogens is 1. The van der Waals surface area contributed by atoms with Gasteiger partial charge in [0, 0.05) is 23.5 Å². The Kier molecular flexibility index (Phi) is 3.78. The Morgan fingerprint density at radius 1 is 0.960 bits per heavy atom. The lowest BCUT2D eigenvalue weighted by Gasteiger charge is -2.10. The molecule has 5 nitrogen and oxygen atoms in total. The molecule has 25 heavy (non-hydrogen) atoms. The highest BCUT2D eigenvalue weighted by molar-refractivity contribution is 6.16. The Bertz CT molecular complexity index is 955. The van der Waals surface area contributed by atoms with Crippen LogP contribution in [0.15, 0.2) is 66.0 Å². The molecule has 0 bridgehead atoms. The van der Waals surface area contributed by atoms with E-state index in [2.05, 4.69) is 15.5 Å². The molecule has 6 heteroatoms. The van der Waals surface area contributed by atoms with Crippen LogP contribution in [-0.4, -0.2) is 17.8 Å². The maximum atomic E-state index is 14.2. The summed E-state index contributed by atoms with van der Waals surface area (Å²) in [6.45, 7) is 0. The van der Waals surface area contributed by atoms with E-state index in [1.165, 1.54) is 7.11 Å². The van der Waals surface area contributed by atoms with Gasteiger partial charge in [-0.1, -0.05) is 6.07 Å². The second kappa shape index (κ2) is 6.24. The Morgan fingerprint density at radius 3 is 2.56 bits per heavy atom. The van der Waals surface area contributed by atoms with Crippen molar-refractivity contribution in [3.05, 3.63) is 77.9 Å². The van der Waals surface area contributed by atoms with Gasteiger partial charge in [-0.25, -0.2) is 0 Å². The van der Waals surface area contributed by atoms with Gasteiger partial charge >= 0.3 is 0 Å². The molecular formula is C19H13FN3O2. The van der Waals surface area contributed by atoms with E-state index < -0.39 is 5.82 Å². The molecule has 2 aromatic carbocycles. The summed E-state index contributed by atoms with van der Waals surface area (Å²) in [5.74, 6) is 0.223. The minimum atomic E-state index is -0.534. The minimum Gasteiger partial charge on any atom is -0.494 e. The molecule has 3 aromatic rings. The van der Waals surface area contributed by atoms with Crippen LogP contribution in [0.4, 0.5) is 10.1 Å². The van der Waals surface area contributed by atoms with Crippen LogP contribution in [0.1, 0.15) is 11.1 Å². The number of pyridine rings is 1. The van der Waals surface area contributed by atoms with Crippen molar-refractivity contribution in [3.63, 3.8) is 0 Å². The predicted molar refractivity (Wildman–Crippen MR) is 91.1 cm³/mol. The lowest BCUT2D eigenvalue weighted by atomic mass is 10.0. The molecule has 1 aromatic heterocycles. The van der Waals surface area contributed by atoms with Crippen LogP contribution in [0.5, 0.6) is 17.2 Å². The number of hydrogen-bond acceptors (Lipinski definition) is 4. The van der Waals surface area contributed by atoms with E-state index in [9.17, 15) is 4.39 Å². The van der Waals surface area contributed by atoms with Crippen molar-refractivity contribution in [2.45, 2.75) is 0 Å². The zero-order chi connectivity index (χ0) is 17.2. The van der Waals surface area contributed by atoms with Gasteiger partial charge in [0.1, 0.15) is 11.5 Å². The quantitative estimate of drug-likeness (QED) is 0.724. The maximum absolute atomic E-state index is 14.2. The first-order valence-electron chi connectivity index (χ1n) is 7.60. The van der Waals surface area contributed by atoms with Gasteiger partial charge in [0.2, 0.25) is 5.82 Å². The number of fused-ring (bicyclic) bond motifs is 1. The van der Waals surface area contributed by atoms with Gasteiger partial charge in [-0.05, 0) is 42.5 Å². The van der Waals surface area contributed by atoms with Crippen molar-refractivity contribution in [1.29, 1.82) is 0 Å². The van der Waals surface area contributed by atoms with E-state index >= 15 is 0 Å². The average Bonchev–Trinajstić information content (AvgIpc) is 3.08. The largest absolute Gasteiger partial charge is 0.494 e. The SMILES string of the molecule is COc1cccc(Oc2ccc(C3=N[N]c4ccncc43)cc2)c1F. The summed E-state index contributed by atoms with van der Waals surface area (Å²) in [6, 6.07) is 13.8. The molecule has 0 amide bonds. The third kappa shape index (κ3) is 2.78. The van der Waals surface area contributed by atoms with E-state index in [1.807, 2.05) is 18.2 Å². The molecule has 0 fully saturated rings. The normalized spacial score (nSPS) is 12.2. The summed E-state index contributed by atoms with van der Waals surface area (Å²) in [4.78, 5) is 4.11. The molecule has 2 heterocycles. The van der Waals surface area contributed by atoms with E-state index in [0.717, 1.165) is 22.5 Å². The first-order valence-corrected chi connectivity index (χ1v) is 7.60. The molecule has 0 saturated heterocycles. The molecule has 0 unspecified atom stereocenters. The van der Waals surface area contributed by atoms with Crippen molar-refractivity contribution in [2.24, 2.45) is 5.10 Å². The first kappa shape index (κ1) is 15.1. The second-order valence-electron chi connectivity index (χ2n) is 5.34. The number of nitrogens with zero attached hydrogens (tertiary/aromatic N) is 3. The highest BCUT2D eigenvalue weighted by Crippen LogP contribution is 2.31. The van der Waals surface area contributed by atoms with Gasteiger partial charge in [0.25, 0.3) is 0 Å². The van der Waals surface area contributed by atoms with Gasteiger partial charge < -0.3 is 9.47 Å². The van der Waals surface area contributed by atoms with Crippen LogP contribution in [-0.2, 0) is 0 Å². The molecule has 0 N–H and O–H groups in total. The summed E-state index contributed by atoms with van der Waals surface area (Å²) in [7, 11) is 1.41. The van der Waals surface area contributed by atoms with Gasteiger partial charge in [0.15, 0.2) is 11.5 Å². The predicted octanol–water partition coefficient (Wildman–Crippen LogP) is 4.02. The number of methoxy groups -OCH3 is 1. The van der Waals surface area contributed by atoms with Crippen molar-refractivity contribution < 1.29 is 13.9 Å². The van der Waals surface area contributed by atoms with Crippen molar-refractivity contribution in [3.8, 4) is 17.2 Å². The Labute approximate surface area is 143 Å². The van der Waals surface area contributed by atoms with E-state index in [0.29, 0.717) is 5.75 Å². The Balaban J connectivity index is 1.58. The number of benzene rings is 2. The average molecular weight is 334 g/mol. The molecule has 0 atom stereocenters. The fourth-order valence-corrected chi connectivity index (χ4v) is 2.56. The van der Waals surface area contributed by atoms with Crippen molar-refractivity contribution in [2.75, 3.05) is 7.11 Å². The van der Waals surface area contributed by atoms with Crippen LogP contribution in [0, 0.1) is 5.82 Å². The van der Waals surface area contributed by atoms with Crippen LogP contribution in [0.25, 0.3) is 0 Å². The molecule has 0 spiro atoms. The van der Waals surface area contributed by atoms with Gasteiger partial charge in [-0.2, -0.15) is 4.39 Å². The van der Waals surface area contributed by atoms with Crippen LogP contribution in [0.3, 0.4) is 0 Å². The van der Waals surface area contributed by atoms with Crippen LogP contribution in [0.2, 0.25) is 0 Å². The zero-order valence-electron chi connectivity index (χ0n) is 13.3. The van der Waals surface area contributed by atoms with Crippen molar-refractivity contribution >= 4 is 11.4 Å². The third-order valence-corrected chi connectivity index (χ3v) is 3.81. The topological polar surface area (TPSA) is 57.8 Å². The van der Waals surface area contributed by atoms with Gasteiger partial charge in [0.05, 0.1) is 12.8 Å². The second-order valence-corrected chi connectivity index (χ2v) is 5.34. The fraction of sp³-hybridized carbons (Fsp3) is 0.0526. The number of hydrogen-bond donors (Lipinski definition) is 0. The third-order valence-electron chi connectivity index (χ3n) is 3.81. The standard InChI is InChI=1S/C19H13FN3O2/c1-24-16-3-2-4-17(18(16)20)25-13-7-5-12(6-8-13)19-14-11-21-10-9-15(14)22-23-19/h2-11H,1H3. The van der Waals surface area contributed by atoms with Gasteiger partial charge in [-0.15, -0.1) is 10.5 Å². The fourth-order valence-electron chi connectivity index (χ4n) is 2.56. The highest BCUT2D eigenvalue weighted by Gasteiger charge is 2.19. The van der Waals surface area contributed by atoms with Crippen LogP contribution >= 0.6 is 0 Å². The summed E-state index contributed by atoms with van der Waals surface area (Å²) in [5.41, 5.74) is 7.45. The van der Waals surface area contributed by atoms with E-state index in [4.69, 9.17) is 9.47 Å². The van der Waals surface area contributed by atoms with Crippen molar-refractivity contribution in [1.82, 2.24) is 10.4 Å². The summed E-state index contributed by atoms with van der Waals surface area (Å²) in [5, 5.41) is 4.21. The number of aromatic nitrogens is 1. The molecule has 1 radical (unpaired) electrons.